The largest absolute Gasteiger partial charge is 0.396 e. The van der Waals surface area contributed by atoms with E-state index in [-0.39, 0.29) is 17.7 Å². The Kier molecular flexibility index (Phi) is 6.88. The molecule has 0 saturated heterocycles. The number of urea groups is 1. The second kappa shape index (κ2) is 9.99. The van der Waals surface area contributed by atoms with Crippen LogP contribution in [-0.4, -0.2) is 39.4 Å². The van der Waals surface area contributed by atoms with Gasteiger partial charge in [0.05, 0.1) is 49.5 Å². The van der Waals surface area contributed by atoms with Crippen LogP contribution in [0.5, 0.6) is 0 Å². The van der Waals surface area contributed by atoms with Gasteiger partial charge in [-0.1, -0.05) is 25.5 Å². The Labute approximate surface area is 192 Å². The summed E-state index contributed by atoms with van der Waals surface area (Å²) in [5.41, 5.74) is 10.4. The van der Waals surface area contributed by atoms with Crippen LogP contribution in [0.3, 0.4) is 0 Å². The SMILES string of the molecule is CCCCc1cc(N)c(NC(=O)N2Cc3cnn(CCOC)c3C2)nc1-c1ccccc1F. The lowest BCUT2D eigenvalue weighted by Gasteiger charge is -2.19. The lowest BCUT2D eigenvalue weighted by Crippen LogP contribution is -2.31. The van der Waals surface area contributed by atoms with E-state index in [4.69, 9.17) is 10.5 Å². The normalized spacial score (nSPS) is 12.8. The highest BCUT2D eigenvalue weighted by Crippen LogP contribution is 2.31. The van der Waals surface area contributed by atoms with Gasteiger partial charge in [-0.05, 0) is 36.6 Å². The fraction of sp³-hybridized carbons (Fsp3) is 0.375. The molecule has 33 heavy (non-hydrogen) atoms. The number of hydrogen-bond acceptors (Lipinski definition) is 5. The third-order valence-corrected chi connectivity index (χ3v) is 5.82. The van der Waals surface area contributed by atoms with Crippen LogP contribution in [0.4, 0.5) is 20.7 Å². The Hall–Kier alpha value is -3.46. The van der Waals surface area contributed by atoms with Gasteiger partial charge in [-0.25, -0.2) is 14.2 Å². The second-order valence-electron chi connectivity index (χ2n) is 8.14. The Balaban J connectivity index is 1.56. The van der Waals surface area contributed by atoms with Gasteiger partial charge in [0, 0.05) is 18.2 Å². The number of nitrogens with two attached hydrogens (primary N) is 1. The quantitative estimate of drug-likeness (QED) is 0.534. The molecule has 9 heteroatoms. The topological polar surface area (TPSA) is 98.3 Å². The van der Waals surface area contributed by atoms with Gasteiger partial charge in [0.2, 0.25) is 0 Å². The molecule has 0 unspecified atom stereocenters. The first-order valence-electron chi connectivity index (χ1n) is 11.1. The maximum Gasteiger partial charge on any atom is 0.323 e. The average Bonchev–Trinajstić information content (AvgIpc) is 3.39. The summed E-state index contributed by atoms with van der Waals surface area (Å²) >= 11 is 0. The smallest absolute Gasteiger partial charge is 0.323 e. The van der Waals surface area contributed by atoms with Crippen molar-refractivity contribution in [3.05, 3.63) is 59.2 Å². The number of carbonyl (C=O) groups excluding carboxylic acids is 1. The maximum absolute atomic E-state index is 14.6. The number of hydrogen-bond donors (Lipinski definition) is 2. The molecule has 2 amide bonds. The minimum atomic E-state index is -0.361. The number of nitrogens with zero attached hydrogens (tertiary/aromatic N) is 4. The number of nitrogen functional groups attached to an aromatic ring is 1. The van der Waals surface area contributed by atoms with Crippen LogP contribution >= 0.6 is 0 Å². The monoisotopic (exact) mass is 452 g/mol. The number of aromatic nitrogens is 3. The van der Waals surface area contributed by atoms with Crippen LogP contribution in [0.15, 0.2) is 36.5 Å². The van der Waals surface area contributed by atoms with Gasteiger partial charge in [-0.2, -0.15) is 5.10 Å². The molecule has 174 valence electrons. The number of amides is 2. The van der Waals surface area contributed by atoms with Gasteiger partial charge in [0.1, 0.15) is 5.82 Å². The number of rotatable bonds is 8. The van der Waals surface area contributed by atoms with E-state index in [1.54, 1.807) is 42.5 Å². The van der Waals surface area contributed by atoms with E-state index in [1.807, 2.05) is 4.68 Å². The summed E-state index contributed by atoms with van der Waals surface area (Å²) in [7, 11) is 1.64. The number of ether oxygens (including phenoxy) is 1. The molecule has 1 aliphatic heterocycles. The summed E-state index contributed by atoms with van der Waals surface area (Å²) < 4.78 is 21.6. The Bertz CT molecular complexity index is 1150. The molecule has 8 nitrogen and oxygen atoms in total. The molecule has 0 radical (unpaired) electrons. The third-order valence-electron chi connectivity index (χ3n) is 5.82. The van der Waals surface area contributed by atoms with E-state index in [9.17, 15) is 9.18 Å². The molecule has 0 fully saturated rings. The van der Waals surface area contributed by atoms with Crippen LogP contribution in [0.1, 0.15) is 36.6 Å². The van der Waals surface area contributed by atoms with Crippen molar-refractivity contribution in [1.29, 1.82) is 0 Å². The molecule has 3 aromatic rings. The number of halogens is 1. The Morgan fingerprint density at radius 2 is 2.12 bits per heavy atom. The molecule has 1 aromatic carbocycles. The lowest BCUT2D eigenvalue weighted by atomic mass is 10.0. The van der Waals surface area contributed by atoms with Crippen molar-refractivity contribution in [3.8, 4) is 11.3 Å². The number of unbranched alkanes of at least 4 members (excludes halogenated alkanes) is 1. The van der Waals surface area contributed by atoms with Crippen LogP contribution in [-0.2, 0) is 30.8 Å². The lowest BCUT2D eigenvalue weighted by molar-refractivity contribution is 0.181. The van der Waals surface area contributed by atoms with Crippen molar-refractivity contribution >= 4 is 17.5 Å². The van der Waals surface area contributed by atoms with Gasteiger partial charge in [0.25, 0.3) is 0 Å². The molecule has 0 bridgehead atoms. The van der Waals surface area contributed by atoms with Crippen molar-refractivity contribution in [3.63, 3.8) is 0 Å². The van der Waals surface area contributed by atoms with Gasteiger partial charge in [-0.15, -0.1) is 0 Å². The van der Waals surface area contributed by atoms with E-state index in [2.05, 4.69) is 22.3 Å². The fourth-order valence-electron chi connectivity index (χ4n) is 4.02. The van der Waals surface area contributed by atoms with Crippen LogP contribution < -0.4 is 11.1 Å². The highest BCUT2D eigenvalue weighted by molar-refractivity contribution is 5.92. The zero-order valence-corrected chi connectivity index (χ0v) is 19.0. The molecular formula is C24H29FN6O2. The number of fused-ring (bicyclic) bond motifs is 1. The molecule has 2 aromatic heterocycles. The maximum atomic E-state index is 14.6. The minimum Gasteiger partial charge on any atom is -0.396 e. The van der Waals surface area contributed by atoms with Crippen molar-refractivity contribution < 1.29 is 13.9 Å². The second-order valence-corrected chi connectivity index (χ2v) is 8.14. The molecule has 3 heterocycles. The van der Waals surface area contributed by atoms with Crippen LogP contribution in [0.2, 0.25) is 0 Å². The number of methoxy groups -OCH3 is 1. The molecule has 4 rings (SSSR count). The summed E-state index contributed by atoms with van der Waals surface area (Å²) in [6.07, 6.45) is 4.43. The predicted octanol–water partition coefficient (Wildman–Crippen LogP) is 4.20. The molecule has 3 N–H and O–H groups in total. The molecule has 1 aliphatic rings. The third kappa shape index (κ3) is 4.83. The van der Waals surface area contributed by atoms with E-state index in [1.165, 1.54) is 6.07 Å². The van der Waals surface area contributed by atoms with Crippen LogP contribution in [0.25, 0.3) is 11.3 Å². The zero-order chi connectivity index (χ0) is 23.4. The summed E-state index contributed by atoms with van der Waals surface area (Å²) in [4.78, 5) is 19.3. The van der Waals surface area contributed by atoms with Crippen molar-refractivity contribution in [2.24, 2.45) is 0 Å². The molecule has 0 spiro atoms. The number of aryl methyl sites for hydroxylation is 1. The number of nitrogens with one attached hydrogen (secondary N) is 1. The van der Waals surface area contributed by atoms with Gasteiger partial charge < -0.3 is 15.4 Å². The van der Waals surface area contributed by atoms with E-state index < -0.39 is 0 Å². The van der Waals surface area contributed by atoms with E-state index in [0.29, 0.717) is 43.2 Å². The summed E-state index contributed by atoms with van der Waals surface area (Å²) in [5, 5.41) is 7.19. The van der Waals surface area contributed by atoms with E-state index >= 15 is 0 Å². The van der Waals surface area contributed by atoms with Gasteiger partial charge >= 0.3 is 6.03 Å². The predicted molar refractivity (Wildman–Crippen MR) is 125 cm³/mol. The van der Waals surface area contributed by atoms with Gasteiger partial charge in [-0.3, -0.25) is 10.00 Å². The van der Waals surface area contributed by atoms with Crippen molar-refractivity contribution in [2.45, 2.75) is 45.8 Å². The highest BCUT2D eigenvalue weighted by Gasteiger charge is 2.28. The number of pyridine rings is 1. The zero-order valence-electron chi connectivity index (χ0n) is 19.0. The number of anilines is 2. The molecular weight excluding hydrogens is 423 g/mol. The summed E-state index contributed by atoms with van der Waals surface area (Å²) in [6.45, 7) is 4.14. The number of carbonyl (C=O) groups is 1. The Morgan fingerprint density at radius 3 is 2.88 bits per heavy atom. The first-order chi connectivity index (χ1) is 16.0. The summed E-state index contributed by atoms with van der Waals surface area (Å²) in [6, 6.07) is 7.99. The van der Waals surface area contributed by atoms with E-state index in [0.717, 1.165) is 36.1 Å². The Morgan fingerprint density at radius 1 is 1.30 bits per heavy atom. The number of benzene rings is 1. The van der Waals surface area contributed by atoms with Crippen molar-refractivity contribution in [1.82, 2.24) is 19.7 Å². The first-order valence-corrected chi connectivity index (χ1v) is 11.1. The van der Waals surface area contributed by atoms with Gasteiger partial charge in [0.15, 0.2) is 5.82 Å². The summed E-state index contributed by atoms with van der Waals surface area (Å²) in [5.74, 6) is -0.129. The molecule has 0 atom stereocenters. The minimum absolute atomic E-state index is 0.232. The fourth-order valence-corrected chi connectivity index (χ4v) is 4.02. The first kappa shape index (κ1) is 22.7. The molecule has 0 saturated carbocycles. The average molecular weight is 453 g/mol. The highest BCUT2D eigenvalue weighted by atomic mass is 19.1. The van der Waals surface area contributed by atoms with Crippen LogP contribution in [0, 0.1) is 5.82 Å². The standard InChI is InChI=1S/C24H29FN6O2/c1-3-4-7-16-12-20(26)23(28-22(16)18-8-5-6-9-19(18)25)29-24(32)30-14-17-13-27-31(10-11-33-2)21(17)15-30/h5-6,8-9,12-13H,3-4,7,10-11,14-15,26H2,1-2H3,(H,28,29,32). The van der Waals surface area contributed by atoms with Crippen molar-refractivity contribution in [2.75, 3.05) is 24.8 Å². The molecule has 0 aliphatic carbocycles.